The summed E-state index contributed by atoms with van der Waals surface area (Å²) in [6.45, 7) is 5.41. The van der Waals surface area contributed by atoms with Crippen LogP contribution in [0.3, 0.4) is 0 Å². The van der Waals surface area contributed by atoms with Crippen LogP contribution < -0.4 is 15.8 Å². The van der Waals surface area contributed by atoms with Gasteiger partial charge >= 0.3 is 0 Å². The quantitative estimate of drug-likeness (QED) is 0.744. The molecule has 138 valence electrons. The fourth-order valence-corrected chi connectivity index (χ4v) is 2.63. The van der Waals surface area contributed by atoms with Gasteiger partial charge in [-0.05, 0) is 48.9 Å². The molecular weight excluding hydrogens is 354 g/mol. The van der Waals surface area contributed by atoms with Gasteiger partial charge in [-0.2, -0.15) is 0 Å². The van der Waals surface area contributed by atoms with Crippen LogP contribution in [-0.4, -0.2) is 20.2 Å². The van der Waals surface area contributed by atoms with E-state index in [4.69, 9.17) is 5.14 Å². The van der Waals surface area contributed by atoms with Crippen LogP contribution in [0.4, 0.5) is 11.4 Å². The maximum atomic E-state index is 12.4. The van der Waals surface area contributed by atoms with Crippen molar-refractivity contribution in [3.05, 3.63) is 53.6 Å². The zero-order chi connectivity index (χ0) is 19.5. The van der Waals surface area contributed by atoms with Gasteiger partial charge in [-0.15, -0.1) is 0 Å². The summed E-state index contributed by atoms with van der Waals surface area (Å²) in [7, 11) is -3.81. The third kappa shape index (κ3) is 4.90. The first-order valence-electron chi connectivity index (χ1n) is 7.93. The molecule has 2 aromatic carbocycles. The molecule has 8 heteroatoms. The molecule has 0 saturated carbocycles. The molecule has 0 heterocycles. The standard InChI is InChI=1S/C18H21N3O4S/c1-11(2)17(22)20-14-7-4-12(3)16(10-14)21-18(23)13-5-8-15(9-6-13)26(19,24)25/h4-11H,1-3H3,(H,20,22)(H,21,23)(H2,19,24,25). The number of primary sulfonamides is 1. The van der Waals surface area contributed by atoms with Gasteiger partial charge in [-0.25, -0.2) is 13.6 Å². The second-order valence-corrected chi connectivity index (χ2v) is 7.76. The SMILES string of the molecule is Cc1ccc(NC(=O)C(C)C)cc1NC(=O)c1ccc(S(N)(=O)=O)cc1. The first-order valence-corrected chi connectivity index (χ1v) is 9.48. The Kier molecular flexibility index (Phi) is 5.79. The van der Waals surface area contributed by atoms with Gasteiger partial charge in [0.2, 0.25) is 15.9 Å². The fraction of sp³-hybridized carbons (Fsp3) is 0.222. The Bertz CT molecular complexity index is 935. The van der Waals surface area contributed by atoms with Crippen LogP contribution in [0.1, 0.15) is 29.8 Å². The third-order valence-corrected chi connectivity index (χ3v) is 4.65. The van der Waals surface area contributed by atoms with Gasteiger partial charge in [-0.3, -0.25) is 9.59 Å². The fourth-order valence-electron chi connectivity index (χ4n) is 2.11. The molecule has 0 aliphatic rings. The summed E-state index contributed by atoms with van der Waals surface area (Å²) in [5.74, 6) is -0.683. The number of aryl methyl sites for hydroxylation is 1. The van der Waals surface area contributed by atoms with E-state index in [0.717, 1.165) is 5.56 Å². The second-order valence-electron chi connectivity index (χ2n) is 6.20. The minimum atomic E-state index is -3.81. The molecule has 0 aliphatic carbocycles. The lowest BCUT2D eigenvalue weighted by Crippen LogP contribution is -2.18. The van der Waals surface area contributed by atoms with Gasteiger partial charge in [0.1, 0.15) is 0 Å². The summed E-state index contributed by atoms with van der Waals surface area (Å²) < 4.78 is 22.5. The van der Waals surface area contributed by atoms with Gasteiger partial charge in [0, 0.05) is 22.9 Å². The van der Waals surface area contributed by atoms with Crippen molar-refractivity contribution in [3.63, 3.8) is 0 Å². The van der Waals surface area contributed by atoms with Gasteiger partial charge in [0.25, 0.3) is 5.91 Å². The zero-order valence-electron chi connectivity index (χ0n) is 14.7. The van der Waals surface area contributed by atoms with E-state index in [9.17, 15) is 18.0 Å². The molecule has 26 heavy (non-hydrogen) atoms. The van der Waals surface area contributed by atoms with Crippen molar-refractivity contribution >= 4 is 33.2 Å². The molecule has 0 aromatic heterocycles. The van der Waals surface area contributed by atoms with Crippen LogP contribution in [0.25, 0.3) is 0 Å². The van der Waals surface area contributed by atoms with Gasteiger partial charge < -0.3 is 10.6 Å². The van der Waals surface area contributed by atoms with Crippen molar-refractivity contribution in [1.82, 2.24) is 0 Å². The Hall–Kier alpha value is -2.71. The van der Waals surface area contributed by atoms with Crippen molar-refractivity contribution in [2.24, 2.45) is 11.1 Å². The molecule has 0 saturated heterocycles. The van der Waals surface area contributed by atoms with E-state index >= 15 is 0 Å². The van der Waals surface area contributed by atoms with Gasteiger partial charge in [-0.1, -0.05) is 19.9 Å². The number of benzene rings is 2. The Morgan fingerprint density at radius 1 is 1.00 bits per heavy atom. The second kappa shape index (κ2) is 7.67. The summed E-state index contributed by atoms with van der Waals surface area (Å²) in [4.78, 5) is 24.1. The van der Waals surface area contributed by atoms with Crippen LogP contribution >= 0.6 is 0 Å². The van der Waals surface area contributed by atoms with E-state index in [0.29, 0.717) is 11.4 Å². The molecule has 0 aliphatic heterocycles. The molecule has 0 fully saturated rings. The number of carbonyl (C=O) groups is 2. The van der Waals surface area contributed by atoms with Crippen molar-refractivity contribution in [3.8, 4) is 0 Å². The molecule has 0 spiro atoms. The molecule has 4 N–H and O–H groups in total. The maximum absolute atomic E-state index is 12.4. The highest BCUT2D eigenvalue weighted by Crippen LogP contribution is 2.22. The number of nitrogens with two attached hydrogens (primary N) is 1. The topological polar surface area (TPSA) is 118 Å². The van der Waals surface area contributed by atoms with Crippen molar-refractivity contribution in [2.75, 3.05) is 10.6 Å². The predicted octanol–water partition coefficient (Wildman–Crippen LogP) is 2.49. The minimum Gasteiger partial charge on any atom is -0.326 e. The minimum absolute atomic E-state index is 0.0661. The average molecular weight is 375 g/mol. The zero-order valence-corrected chi connectivity index (χ0v) is 15.6. The van der Waals surface area contributed by atoms with E-state index in [2.05, 4.69) is 10.6 Å². The van der Waals surface area contributed by atoms with Crippen LogP contribution in [0.5, 0.6) is 0 Å². The lowest BCUT2D eigenvalue weighted by atomic mass is 10.1. The number of hydrogen-bond donors (Lipinski definition) is 3. The molecule has 7 nitrogen and oxygen atoms in total. The van der Waals surface area contributed by atoms with E-state index < -0.39 is 15.9 Å². The lowest BCUT2D eigenvalue weighted by molar-refractivity contribution is -0.118. The highest BCUT2D eigenvalue weighted by atomic mass is 32.2. The number of sulfonamides is 1. The smallest absolute Gasteiger partial charge is 0.255 e. The summed E-state index contributed by atoms with van der Waals surface area (Å²) in [6.07, 6.45) is 0. The first kappa shape index (κ1) is 19.6. The van der Waals surface area contributed by atoms with E-state index in [1.165, 1.54) is 24.3 Å². The summed E-state index contributed by atoms with van der Waals surface area (Å²) >= 11 is 0. The first-order chi connectivity index (χ1) is 12.1. The van der Waals surface area contributed by atoms with Crippen molar-refractivity contribution < 1.29 is 18.0 Å². The largest absolute Gasteiger partial charge is 0.326 e. The molecular formula is C18H21N3O4S. The van der Waals surface area contributed by atoms with E-state index in [-0.39, 0.29) is 22.3 Å². The van der Waals surface area contributed by atoms with E-state index in [1.807, 2.05) is 6.92 Å². The lowest BCUT2D eigenvalue weighted by Gasteiger charge is -2.13. The number of amides is 2. The Labute approximate surface area is 152 Å². The Morgan fingerprint density at radius 3 is 2.15 bits per heavy atom. The molecule has 2 rings (SSSR count). The van der Waals surface area contributed by atoms with Gasteiger partial charge in [0.15, 0.2) is 0 Å². The highest BCUT2D eigenvalue weighted by molar-refractivity contribution is 7.89. The highest BCUT2D eigenvalue weighted by Gasteiger charge is 2.13. The number of hydrogen-bond acceptors (Lipinski definition) is 4. The van der Waals surface area contributed by atoms with Gasteiger partial charge in [0.05, 0.1) is 4.90 Å². The summed E-state index contributed by atoms with van der Waals surface area (Å²) in [5.41, 5.74) is 2.23. The normalized spacial score (nSPS) is 11.3. The number of rotatable bonds is 5. The average Bonchev–Trinajstić information content (AvgIpc) is 2.57. The van der Waals surface area contributed by atoms with Crippen LogP contribution in [-0.2, 0) is 14.8 Å². The van der Waals surface area contributed by atoms with Crippen molar-refractivity contribution in [1.29, 1.82) is 0 Å². The van der Waals surface area contributed by atoms with Crippen LogP contribution in [0.15, 0.2) is 47.4 Å². The Balaban J connectivity index is 2.19. The number of nitrogens with one attached hydrogen (secondary N) is 2. The van der Waals surface area contributed by atoms with Crippen LogP contribution in [0.2, 0.25) is 0 Å². The number of anilines is 2. The molecule has 0 bridgehead atoms. The Morgan fingerprint density at radius 2 is 1.62 bits per heavy atom. The maximum Gasteiger partial charge on any atom is 0.255 e. The molecule has 0 radical (unpaired) electrons. The molecule has 0 atom stereocenters. The summed E-state index contributed by atoms with van der Waals surface area (Å²) in [6, 6.07) is 10.5. The number of carbonyl (C=O) groups excluding carboxylic acids is 2. The predicted molar refractivity (Wildman–Crippen MR) is 100 cm³/mol. The molecule has 2 amide bonds. The van der Waals surface area contributed by atoms with Crippen molar-refractivity contribution in [2.45, 2.75) is 25.7 Å². The summed E-state index contributed by atoms with van der Waals surface area (Å²) in [5, 5.41) is 10.6. The van der Waals surface area contributed by atoms with Crippen LogP contribution in [0, 0.1) is 12.8 Å². The third-order valence-electron chi connectivity index (χ3n) is 3.72. The molecule has 0 unspecified atom stereocenters. The monoisotopic (exact) mass is 375 g/mol. The van der Waals surface area contributed by atoms with E-state index in [1.54, 1.807) is 32.0 Å². The molecule has 2 aromatic rings.